The van der Waals surface area contributed by atoms with Crippen molar-refractivity contribution in [3.05, 3.63) is 169 Å². The minimum atomic E-state index is 1.11. The third-order valence-corrected chi connectivity index (χ3v) is 6.92. The Balaban J connectivity index is 1.53. The summed E-state index contributed by atoms with van der Waals surface area (Å²) in [4.78, 5) is 2.31. The highest BCUT2D eigenvalue weighted by molar-refractivity contribution is 5.81. The van der Waals surface area contributed by atoms with Gasteiger partial charge in [-0.3, -0.25) is 0 Å². The van der Waals surface area contributed by atoms with E-state index in [9.17, 15) is 0 Å². The van der Waals surface area contributed by atoms with E-state index in [1.807, 2.05) is 6.08 Å². The molecule has 0 radical (unpaired) electrons. The first-order valence-corrected chi connectivity index (χ1v) is 13.3. The highest BCUT2D eigenvalue weighted by atomic mass is 15.1. The van der Waals surface area contributed by atoms with Gasteiger partial charge in [0.2, 0.25) is 0 Å². The molecule has 0 aliphatic heterocycles. The largest absolute Gasteiger partial charge is 0.311 e. The van der Waals surface area contributed by atoms with Crippen molar-refractivity contribution in [2.75, 3.05) is 4.90 Å². The molecule has 1 nitrogen and oxygen atoms in total. The molecular weight excluding hydrogens is 470 g/mol. The zero-order valence-corrected chi connectivity index (χ0v) is 22.6. The van der Waals surface area contributed by atoms with Gasteiger partial charge in [-0.2, -0.15) is 0 Å². The molecule has 190 valence electrons. The summed E-state index contributed by atoms with van der Waals surface area (Å²) in [6.07, 6.45) is 7.99. The van der Waals surface area contributed by atoms with E-state index in [0.717, 1.165) is 17.1 Å². The van der Waals surface area contributed by atoms with Crippen LogP contribution in [0.1, 0.15) is 18.1 Å². The molecule has 0 fully saturated rings. The number of anilines is 3. The van der Waals surface area contributed by atoms with Crippen LogP contribution < -0.4 is 4.90 Å². The maximum atomic E-state index is 3.80. The molecule has 39 heavy (non-hydrogen) atoms. The number of allylic oxidation sites excluding steroid dienone is 5. The third-order valence-electron chi connectivity index (χ3n) is 6.92. The van der Waals surface area contributed by atoms with Crippen LogP contribution in [-0.4, -0.2) is 0 Å². The van der Waals surface area contributed by atoms with Crippen molar-refractivity contribution in [2.24, 2.45) is 0 Å². The van der Waals surface area contributed by atoms with Gasteiger partial charge in [-0.1, -0.05) is 127 Å². The van der Waals surface area contributed by atoms with E-state index >= 15 is 0 Å². The van der Waals surface area contributed by atoms with E-state index in [0.29, 0.717) is 0 Å². The number of nitrogens with zero attached hydrogens (tertiary/aromatic N) is 1. The molecule has 0 N–H and O–H groups in total. The zero-order valence-electron chi connectivity index (χ0n) is 22.6. The van der Waals surface area contributed by atoms with Crippen LogP contribution in [-0.2, 0) is 0 Å². The van der Waals surface area contributed by atoms with E-state index in [1.165, 1.54) is 39.0 Å². The van der Waals surface area contributed by atoms with Crippen molar-refractivity contribution in [1.29, 1.82) is 0 Å². The van der Waals surface area contributed by atoms with Crippen LogP contribution in [0.3, 0.4) is 0 Å². The lowest BCUT2D eigenvalue weighted by Gasteiger charge is -2.26. The summed E-state index contributed by atoms with van der Waals surface area (Å²) in [7, 11) is 0. The Hall–Kier alpha value is -4.88. The van der Waals surface area contributed by atoms with Gasteiger partial charge in [0.25, 0.3) is 0 Å². The summed E-state index contributed by atoms with van der Waals surface area (Å²) in [6.45, 7) is 7.98. The number of hydrogen-bond acceptors (Lipinski definition) is 1. The molecule has 0 amide bonds. The van der Waals surface area contributed by atoms with Gasteiger partial charge in [-0.25, -0.2) is 0 Å². The van der Waals surface area contributed by atoms with Crippen molar-refractivity contribution in [3.63, 3.8) is 0 Å². The van der Waals surface area contributed by atoms with Crippen molar-refractivity contribution in [1.82, 2.24) is 0 Å². The van der Waals surface area contributed by atoms with Gasteiger partial charge < -0.3 is 4.90 Å². The van der Waals surface area contributed by atoms with Crippen LogP contribution in [0.15, 0.2) is 158 Å². The molecule has 0 aliphatic rings. The van der Waals surface area contributed by atoms with E-state index < -0.39 is 0 Å². The lowest BCUT2D eigenvalue weighted by molar-refractivity contribution is 1.28. The molecule has 0 aliphatic carbocycles. The lowest BCUT2D eigenvalue weighted by Crippen LogP contribution is -2.09. The fourth-order valence-electron chi connectivity index (χ4n) is 4.76. The normalized spacial score (nSPS) is 11.5. The number of aryl methyl sites for hydroxylation is 1. The summed E-state index contributed by atoms with van der Waals surface area (Å²) in [5.41, 5.74) is 11.8. The lowest BCUT2D eigenvalue weighted by atomic mass is 10.0. The summed E-state index contributed by atoms with van der Waals surface area (Å²) in [5, 5.41) is 0. The molecule has 5 aromatic carbocycles. The smallest absolute Gasteiger partial charge is 0.0462 e. The van der Waals surface area contributed by atoms with Crippen molar-refractivity contribution in [2.45, 2.75) is 13.8 Å². The van der Waals surface area contributed by atoms with Gasteiger partial charge in [-0.15, -0.1) is 0 Å². The van der Waals surface area contributed by atoms with Gasteiger partial charge in [0, 0.05) is 17.1 Å². The van der Waals surface area contributed by atoms with Crippen molar-refractivity contribution >= 4 is 22.6 Å². The Labute approximate surface area is 232 Å². The maximum absolute atomic E-state index is 3.80. The molecule has 0 atom stereocenters. The molecular formula is C38H33N. The highest BCUT2D eigenvalue weighted by Gasteiger charge is 2.13. The predicted molar refractivity (Wildman–Crippen MR) is 170 cm³/mol. The van der Waals surface area contributed by atoms with Crippen LogP contribution >= 0.6 is 0 Å². The van der Waals surface area contributed by atoms with Gasteiger partial charge in [0.15, 0.2) is 0 Å². The molecule has 5 aromatic rings. The first kappa shape index (κ1) is 25.8. The standard InChI is InChI=1S/C38H33N/c1-4-6-10-30(5-2)32-17-23-36(24-18-32)39(37-25-19-34(20-26-37)31-11-8-7-9-12-31)38-27-21-35(22-28-38)33-15-13-29(3)14-16-33/h4-28H,1H2,2-3H3/b10-6-,30-5+. The molecule has 0 heterocycles. The molecule has 0 aromatic heterocycles. The van der Waals surface area contributed by atoms with E-state index in [2.05, 4.69) is 165 Å². The first-order chi connectivity index (χ1) is 19.2. The second-order valence-electron chi connectivity index (χ2n) is 9.55. The minimum absolute atomic E-state index is 1.11. The number of benzene rings is 5. The van der Waals surface area contributed by atoms with E-state index in [4.69, 9.17) is 0 Å². The summed E-state index contributed by atoms with van der Waals surface area (Å²) in [5.74, 6) is 0. The zero-order chi connectivity index (χ0) is 27.0. The maximum Gasteiger partial charge on any atom is 0.0462 e. The Morgan fingerprint density at radius 3 is 1.46 bits per heavy atom. The Bertz CT molecular complexity index is 1570. The summed E-state index contributed by atoms with van der Waals surface area (Å²) < 4.78 is 0. The second-order valence-corrected chi connectivity index (χ2v) is 9.55. The number of hydrogen-bond donors (Lipinski definition) is 0. The van der Waals surface area contributed by atoms with Crippen LogP contribution in [0.25, 0.3) is 27.8 Å². The van der Waals surface area contributed by atoms with Gasteiger partial charge >= 0.3 is 0 Å². The van der Waals surface area contributed by atoms with Crippen molar-refractivity contribution in [3.8, 4) is 22.3 Å². The molecule has 0 spiro atoms. The van der Waals surface area contributed by atoms with Crippen LogP contribution in [0.4, 0.5) is 17.1 Å². The Morgan fingerprint density at radius 2 is 1.00 bits per heavy atom. The molecule has 5 rings (SSSR count). The molecule has 0 bridgehead atoms. The monoisotopic (exact) mass is 503 g/mol. The average Bonchev–Trinajstić information content (AvgIpc) is 3.00. The SMILES string of the molecule is C=C/C=C\C(=C/C)c1ccc(N(c2ccc(-c3ccccc3)cc2)c2ccc(-c3ccc(C)cc3)cc2)cc1. The van der Waals surface area contributed by atoms with Crippen LogP contribution in [0, 0.1) is 6.92 Å². The predicted octanol–water partition coefficient (Wildman–Crippen LogP) is 10.9. The van der Waals surface area contributed by atoms with E-state index in [1.54, 1.807) is 6.08 Å². The Kier molecular flexibility index (Phi) is 8.00. The van der Waals surface area contributed by atoms with Crippen LogP contribution in [0.5, 0.6) is 0 Å². The van der Waals surface area contributed by atoms with Crippen LogP contribution in [0.2, 0.25) is 0 Å². The topological polar surface area (TPSA) is 3.24 Å². The number of rotatable bonds is 8. The Morgan fingerprint density at radius 1 is 0.564 bits per heavy atom. The van der Waals surface area contributed by atoms with Gasteiger partial charge in [-0.05, 0) is 83.6 Å². The third kappa shape index (κ3) is 6.00. The average molecular weight is 504 g/mol. The summed E-state index contributed by atoms with van der Waals surface area (Å²) >= 11 is 0. The molecule has 0 unspecified atom stereocenters. The molecule has 0 saturated carbocycles. The van der Waals surface area contributed by atoms with Crippen molar-refractivity contribution < 1.29 is 0 Å². The molecule has 0 saturated heterocycles. The fourth-order valence-corrected chi connectivity index (χ4v) is 4.76. The highest BCUT2D eigenvalue weighted by Crippen LogP contribution is 2.37. The molecule has 1 heteroatoms. The van der Waals surface area contributed by atoms with E-state index in [-0.39, 0.29) is 0 Å². The fraction of sp³-hybridized carbons (Fsp3) is 0.0526. The summed E-state index contributed by atoms with van der Waals surface area (Å²) in [6, 6.07) is 45.6. The van der Waals surface area contributed by atoms with Gasteiger partial charge in [0.05, 0.1) is 0 Å². The minimum Gasteiger partial charge on any atom is -0.311 e. The van der Waals surface area contributed by atoms with Gasteiger partial charge in [0.1, 0.15) is 0 Å². The quantitative estimate of drug-likeness (QED) is 0.190. The second kappa shape index (κ2) is 12.1. The first-order valence-electron chi connectivity index (χ1n) is 13.3.